The van der Waals surface area contributed by atoms with Gasteiger partial charge in [-0.1, -0.05) is 24.0 Å². The molecule has 0 aliphatic rings. The molecule has 1 aromatic rings. The summed E-state index contributed by atoms with van der Waals surface area (Å²) in [6.45, 7) is 2.52. The van der Waals surface area contributed by atoms with Crippen LogP contribution in [0.25, 0.3) is 0 Å². The van der Waals surface area contributed by atoms with Crippen molar-refractivity contribution in [3.63, 3.8) is 0 Å². The molecule has 1 amide bonds. The van der Waals surface area contributed by atoms with Crippen LogP contribution in [-0.4, -0.2) is 19.0 Å². The minimum Gasteiger partial charge on any atom is -0.345 e. The molecular formula is C13H16N2O. The summed E-state index contributed by atoms with van der Waals surface area (Å²) in [4.78, 5) is 10.6. The van der Waals surface area contributed by atoms with Gasteiger partial charge in [0.25, 0.3) is 0 Å². The largest absolute Gasteiger partial charge is 0.345 e. The van der Waals surface area contributed by atoms with Gasteiger partial charge in [0.1, 0.15) is 0 Å². The average Bonchev–Trinajstić information content (AvgIpc) is 2.27. The number of benzene rings is 1. The van der Waals surface area contributed by atoms with Crippen molar-refractivity contribution < 1.29 is 4.79 Å². The smallest absolute Gasteiger partial charge is 0.217 e. The maximum Gasteiger partial charge on any atom is 0.217 e. The highest BCUT2D eigenvalue weighted by Crippen LogP contribution is 2.03. The average molecular weight is 216 g/mol. The molecule has 0 heterocycles. The molecule has 3 N–H and O–H groups in total. The van der Waals surface area contributed by atoms with Crippen LogP contribution in [0.2, 0.25) is 0 Å². The zero-order valence-corrected chi connectivity index (χ0v) is 9.42. The molecule has 16 heavy (non-hydrogen) atoms. The lowest BCUT2D eigenvalue weighted by Gasteiger charge is -1.97. The van der Waals surface area contributed by atoms with E-state index in [1.54, 1.807) is 0 Å². The summed E-state index contributed by atoms with van der Waals surface area (Å²) in [6, 6.07) is 7.97. The van der Waals surface area contributed by atoms with Crippen molar-refractivity contribution in [3.05, 3.63) is 35.4 Å². The molecule has 0 radical (unpaired) electrons. The summed E-state index contributed by atoms with van der Waals surface area (Å²) in [5, 5.41) is 2.62. The van der Waals surface area contributed by atoms with E-state index in [4.69, 9.17) is 5.73 Å². The molecular weight excluding hydrogens is 200 g/mol. The fourth-order valence-electron chi connectivity index (χ4n) is 1.24. The molecule has 0 fully saturated rings. The maximum atomic E-state index is 10.6. The van der Waals surface area contributed by atoms with E-state index in [-0.39, 0.29) is 5.91 Å². The van der Waals surface area contributed by atoms with Gasteiger partial charge in [-0.05, 0) is 30.7 Å². The van der Waals surface area contributed by atoms with E-state index in [1.807, 2.05) is 24.3 Å². The molecule has 0 unspecified atom stereocenters. The number of carbonyl (C=O) groups is 1. The Morgan fingerprint density at radius 2 is 2.06 bits per heavy atom. The Kier molecular flexibility index (Phi) is 5.10. The van der Waals surface area contributed by atoms with Gasteiger partial charge in [0.15, 0.2) is 0 Å². The molecule has 0 aliphatic carbocycles. The second-order valence-corrected chi connectivity index (χ2v) is 3.45. The van der Waals surface area contributed by atoms with E-state index in [9.17, 15) is 4.79 Å². The van der Waals surface area contributed by atoms with Gasteiger partial charge in [-0.25, -0.2) is 0 Å². The quantitative estimate of drug-likeness (QED) is 0.730. The Bertz CT molecular complexity index is 398. The van der Waals surface area contributed by atoms with Gasteiger partial charge in [-0.3, -0.25) is 4.79 Å². The van der Waals surface area contributed by atoms with Crippen molar-refractivity contribution in [1.82, 2.24) is 5.32 Å². The second-order valence-electron chi connectivity index (χ2n) is 3.45. The SMILES string of the molecule is CC(=O)NCC#Cc1ccc(CCN)cc1. The van der Waals surface area contributed by atoms with Crippen LogP contribution in [0.1, 0.15) is 18.1 Å². The van der Waals surface area contributed by atoms with Crippen LogP contribution in [0.4, 0.5) is 0 Å². The predicted molar refractivity (Wildman–Crippen MR) is 64.8 cm³/mol. The van der Waals surface area contributed by atoms with Crippen LogP contribution >= 0.6 is 0 Å². The number of nitrogens with two attached hydrogens (primary N) is 1. The zero-order valence-electron chi connectivity index (χ0n) is 9.42. The van der Waals surface area contributed by atoms with Gasteiger partial charge in [0, 0.05) is 12.5 Å². The second kappa shape index (κ2) is 6.65. The summed E-state index contributed by atoms with van der Waals surface area (Å²) in [5.74, 6) is 5.79. The number of carbonyl (C=O) groups excluding carboxylic acids is 1. The van der Waals surface area contributed by atoms with Gasteiger partial charge in [-0.2, -0.15) is 0 Å². The Morgan fingerprint density at radius 1 is 1.38 bits per heavy atom. The van der Waals surface area contributed by atoms with Gasteiger partial charge in [0.2, 0.25) is 5.91 Å². The van der Waals surface area contributed by atoms with Crippen LogP contribution < -0.4 is 11.1 Å². The normalized spacial score (nSPS) is 9.12. The molecule has 0 spiro atoms. The highest BCUT2D eigenvalue weighted by atomic mass is 16.1. The molecule has 3 heteroatoms. The van der Waals surface area contributed by atoms with Crippen molar-refractivity contribution in [1.29, 1.82) is 0 Å². The first kappa shape index (κ1) is 12.3. The number of rotatable bonds is 3. The number of hydrogen-bond acceptors (Lipinski definition) is 2. The van der Waals surface area contributed by atoms with Gasteiger partial charge < -0.3 is 11.1 Å². The molecule has 1 aromatic carbocycles. The molecule has 0 aromatic heterocycles. The lowest BCUT2D eigenvalue weighted by molar-refractivity contribution is -0.118. The van der Waals surface area contributed by atoms with Crippen molar-refractivity contribution in [3.8, 4) is 11.8 Å². The Labute approximate surface area is 96.0 Å². The molecule has 1 rings (SSSR count). The third-order valence-electron chi connectivity index (χ3n) is 2.05. The molecule has 0 bridgehead atoms. The Hall–Kier alpha value is -1.79. The van der Waals surface area contributed by atoms with E-state index in [0.29, 0.717) is 13.1 Å². The highest BCUT2D eigenvalue weighted by Gasteiger charge is 1.91. The lowest BCUT2D eigenvalue weighted by Crippen LogP contribution is -2.19. The van der Waals surface area contributed by atoms with Crippen molar-refractivity contribution in [2.45, 2.75) is 13.3 Å². The number of amides is 1. The fourth-order valence-corrected chi connectivity index (χ4v) is 1.24. The van der Waals surface area contributed by atoms with Crippen molar-refractivity contribution >= 4 is 5.91 Å². The van der Waals surface area contributed by atoms with Gasteiger partial charge >= 0.3 is 0 Å². The third kappa shape index (κ3) is 4.63. The molecule has 0 saturated carbocycles. The molecule has 0 saturated heterocycles. The van der Waals surface area contributed by atoms with E-state index in [0.717, 1.165) is 12.0 Å². The van der Waals surface area contributed by atoms with E-state index >= 15 is 0 Å². The summed E-state index contributed by atoms with van der Waals surface area (Å²) < 4.78 is 0. The van der Waals surface area contributed by atoms with Crippen LogP contribution in [0.15, 0.2) is 24.3 Å². The minimum atomic E-state index is -0.0624. The Morgan fingerprint density at radius 3 is 2.62 bits per heavy atom. The van der Waals surface area contributed by atoms with E-state index in [1.165, 1.54) is 12.5 Å². The predicted octanol–water partition coefficient (Wildman–Crippen LogP) is 0.675. The number of nitrogens with one attached hydrogen (secondary N) is 1. The van der Waals surface area contributed by atoms with Gasteiger partial charge in [-0.15, -0.1) is 0 Å². The van der Waals surface area contributed by atoms with Crippen molar-refractivity contribution in [2.24, 2.45) is 5.73 Å². The van der Waals surface area contributed by atoms with E-state index in [2.05, 4.69) is 17.2 Å². The summed E-state index contributed by atoms with van der Waals surface area (Å²) >= 11 is 0. The summed E-state index contributed by atoms with van der Waals surface area (Å²) in [7, 11) is 0. The van der Waals surface area contributed by atoms with Crippen LogP contribution in [0, 0.1) is 11.8 Å². The molecule has 0 atom stereocenters. The minimum absolute atomic E-state index is 0.0624. The third-order valence-corrected chi connectivity index (χ3v) is 2.05. The van der Waals surface area contributed by atoms with Crippen LogP contribution in [0.5, 0.6) is 0 Å². The monoisotopic (exact) mass is 216 g/mol. The molecule has 84 valence electrons. The summed E-state index contributed by atoms with van der Waals surface area (Å²) in [5.41, 5.74) is 7.62. The van der Waals surface area contributed by atoms with Crippen LogP contribution in [0.3, 0.4) is 0 Å². The molecule has 3 nitrogen and oxygen atoms in total. The zero-order chi connectivity index (χ0) is 11.8. The lowest BCUT2D eigenvalue weighted by atomic mass is 10.1. The highest BCUT2D eigenvalue weighted by molar-refractivity contribution is 5.73. The van der Waals surface area contributed by atoms with E-state index < -0.39 is 0 Å². The molecule has 0 aliphatic heterocycles. The van der Waals surface area contributed by atoms with Crippen molar-refractivity contribution in [2.75, 3.05) is 13.1 Å². The topological polar surface area (TPSA) is 55.1 Å². The maximum absolute atomic E-state index is 10.6. The number of hydrogen-bond donors (Lipinski definition) is 2. The van der Waals surface area contributed by atoms with Gasteiger partial charge in [0.05, 0.1) is 6.54 Å². The fraction of sp³-hybridized carbons (Fsp3) is 0.308. The first-order chi connectivity index (χ1) is 7.72. The van der Waals surface area contributed by atoms with Crippen LogP contribution in [-0.2, 0) is 11.2 Å². The summed E-state index contributed by atoms with van der Waals surface area (Å²) in [6.07, 6.45) is 0.888. The standard InChI is InChI=1S/C13H16N2O/c1-11(16)15-10-2-3-12-4-6-13(7-5-12)8-9-14/h4-7H,8-10,14H2,1H3,(H,15,16). The first-order valence-electron chi connectivity index (χ1n) is 5.24. The Balaban J connectivity index is 2.51. The first-order valence-corrected chi connectivity index (χ1v) is 5.24.